The summed E-state index contributed by atoms with van der Waals surface area (Å²) in [4.78, 5) is 3.27. The lowest BCUT2D eigenvalue weighted by Gasteiger charge is -2.03. The molecule has 0 saturated heterocycles. The first-order valence-electron chi connectivity index (χ1n) is 4.45. The van der Waals surface area contributed by atoms with Crippen molar-refractivity contribution in [3.63, 3.8) is 0 Å². The van der Waals surface area contributed by atoms with Gasteiger partial charge in [0.25, 0.3) is 0 Å². The second-order valence-electron chi connectivity index (χ2n) is 3.12. The molecule has 0 radical (unpaired) electrons. The third-order valence-electron chi connectivity index (χ3n) is 2.33. The van der Waals surface area contributed by atoms with Gasteiger partial charge in [0, 0.05) is 11.9 Å². The molecule has 1 unspecified atom stereocenters. The van der Waals surface area contributed by atoms with Crippen LogP contribution in [0.1, 0.15) is 44.4 Å². The average Bonchev–Trinajstić information content (AvgIpc) is 2.50. The van der Waals surface area contributed by atoms with Crippen LogP contribution in [0.4, 0.5) is 0 Å². The van der Waals surface area contributed by atoms with Gasteiger partial charge in [0.1, 0.15) is 0 Å². The Morgan fingerprint density at radius 3 is 2.64 bits per heavy atom. The van der Waals surface area contributed by atoms with E-state index in [0.717, 1.165) is 6.42 Å². The Morgan fingerprint density at radius 2 is 2.18 bits per heavy atom. The Hall–Kier alpha value is -0.720. The second kappa shape index (κ2) is 3.61. The van der Waals surface area contributed by atoms with Crippen LogP contribution >= 0.6 is 0 Å². The molecule has 0 spiro atoms. The maximum Gasteiger partial charge on any atom is 0.0147 e. The summed E-state index contributed by atoms with van der Waals surface area (Å²) in [6, 6.07) is 2.27. The molecule has 1 rings (SSSR count). The van der Waals surface area contributed by atoms with Gasteiger partial charge < -0.3 is 4.98 Å². The van der Waals surface area contributed by atoms with E-state index in [1.165, 1.54) is 17.7 Å². The summed E-state index contributed by atoms with van der Waals surface area (Å²) in [6.07, 6.45) is 4.46. The van der Waals surface area contributed by atoms with Crippen molar-refractivity contribution in [2.24, 2.45) is 0 Å². The van der Waals surface area contributed by atoms with E-state index in [0.29, 0.717) is 5.92 Å². The molecule has 0 aliphatic rings. The first-order chi connectivity index (χ1) is 5.27. The topological polar surface area (TPSA) is 15.8 Å². The molecule has 0 amide bonds. The molecule has 62 valence electrons. The zero-order chi connectivity index (χ0) is 8.27. The van der Waals surface area contributed by atoms with Crippen molar-refractivity contribution in [1.29, 1.82) is 0 Å². The number of hydrogen-bond donors (Lipinski definition) is 1. The zero-order valence-corrected chi connectivity index (χ0v) is 7.65. The third-order valence-corrected chi connectivity index (χ3v) is 2.33. The SMILES string of the molecule is CCc1cc(C(C)CC)c[nH]1. The van der Waals surface area contributed by atoms with E-state index in [2.05, 4.69) is 38.0 Å². The van der Waals surface area contributed by atoms with Gasteiger partial charge in [0.15, 0.2) is 0 Å². The lowest BCUT2D eigenvalue weighted by Crippen LogP contribution is -1.86. The van der Waals surface area contributed by atoms with Crippen LogP contribution in [0.25, 0.3) is 0 Å². The smallest absolute Gasteiger partial charge is 0.0147 e. The molecule has 0 aromatic carbocycles. The molecule has 1 nitrogen and oxygen atoms in total. The highest BCUT2D eigenvalue weighted by Crippen LogP contribution is 2.18. The molecule has 0 fully saturated rings. The van der Waals surface area contributed by atoms with Crippen molar-refractivity contribution < 1.29 is 0 Å². The molecule has 1 heterocycles. The molecular formula is C10H17N. The monoisotopic (exact) mass is 151 g/mol. The van der Waals surface area contributed by atoms with Crippen molar-refractivity contribution in [3.05, 3.63) is 23.5 Å². The molecule has 1 aromatic rings. The number of aromatic nitrogens is 1. The van der Waals surface area contributed by atoms with E-state index < -0.39 is 0 Å². The van der Waals surface area contributed by atoms with Crippen LogP contribution in [-0.4, -0.2) is 4.98 Å². The predicted molar refractivity (Wildman–Crippen MR) is 48.9 cm³/mol. The van der Waals surface area contributed by atoms with Crippen molar-refractivity contribution in [3.8, 4) is 0 Å². The fraction of sp³-hybridized carbons (Fsp3) is 0.600. The largest absolute Gasteiger partial charge is 0.365 e. The molecule has 0 bridgehead atoms. The van der Waals surface area contributed by atoms with Gasteiger partial charge in [-0.1, -0.05) is 20.8 Å². The minimum absolute atomic E-state index is 0.701. The van der Waals surface area contributed by atoms with Crippen LogP contribution in [0.2, 0.25) is 0 Å². The molecule has 1 heteroatoms. The van der Waals surface area contributed by atoms with E-state index in [4.69, 9.17) is 0 Å². The minimum atomic E-state index is 0.701. The molecule has 0 aliphatic carbocycles. The van der Waals surface area contributed by atoms with Gasteiger partial charge in [-0.25, -0.2) is 0 Å². The highest BCUT2D eigenvalue weighted by atomic mass is 14.7. The van der Waals surface area contributed by atoms with E-state index in [1.54, 1.807) is 0 Å². The summed E-state index contributed by atoms with van der Waals surface area (Å²) in [6.45, 7) is 6.66. The van der Waals surface area contributed by atoms with Crippen LogP contribution < -0.4 is 0 Å². The Morgan fingerprint density at radius 1 is 1.45 bits per heavy atom. The maximum atomic E-state index is 3.27. The van der Waals surface area contributed by atoms with Crippen molar-refractivity contribution in [2.75, 3.05) is 0 Å². The van der Waals surface area contributed by atoms with Crippen LogP contribution in [0.3, 0.4) is 0 Å². The summed E-state index contributed by atoms with van der Waals surface area (Å²) in [5.41, 5.74) is 2.80. The predicted octanol–water partition coefficient (Wildman–Crippen LogP) is 3.09. The fourth-order valence-electron chi connectivity index (χ4n) is 1.18. The fourth-order valence-corrected chi connectivity index (χ4v) is 1.18. The molecule has 0 aliphatic heterocycles. The lowest BCUT2D eigenvalue weighted by molar-refractivity contribution is 0.734. The van der Waals surface area contributed by atoms with E-state index >= 15 is 0 Å². The zero-order valence-electron chi connectivity index (χ0n) is 7.65. The van der Waals surface area contributed by atoms with Gasteiger partial charge in [0.2, 0.25) is 0 Å². The molecule has 0 saturated carbocycles. The van der Waals surface area contributed by atoms with Gasteiger partial charge in [-0.05, 0) is 30.4 Å². The van der Waals surface area contributed by atoms with Crippen LogP contribution in [0.5, 0.6) is 0 Å². The Balaban J connectivity index is 2.71. The van der Waals surface area contributed by atoms with Gasteiger partial charge >= 0.3 is 0 Å². The van der Waals surface area contributed by atoms with Gasteiger partial charge in [-0.2, -0.15) is 0 Å². The summed E-state index contributed by atoms with van der Waals surface area (Å²) in [5, 5.41) is 0. The summed E-state index contributed by atoms with van der Waals surface area (Å²) >= 11 is 0. The summed E-state index contributed by atoms with van der Waals surface area (Å²) in [7, 11) is 0. The van der Waals surface area contributed by atoms with E-state index in [-0.39, 0.29) is 0 Å². The van der Waals surface area contributed by atoms with Gasteiger partial charge in [-0.3, -0.25) is 0 Å². The Labute approximate surface area is 68.8 Å². The normalized spacial score (nSPS) is 13.4. The molecule has 1 N–H and O–H groups in total. The standard InChI is InChI=1S/C10H17N/c1-4-8(3)9-6-10(5-2)11-7-9/h6-8,11H,4-5H2,1-3H3. The molecular weight excluding hydrogens is 134 g/mol. The summed E-state index contributed by atoms with van der Waals surface area (Å²) in [5.74, 6) is 0.701. The second-order valence-corrected chi connectivity index (χ2v) is 3.12. The maximum absolute atomic E-state index is 3.27. The van der Waals surface area contributed by atoms with Crippen molar-refractivity contribution in [1.82, 2.24) is 4.98 Å². The molecule has 1 aromatic heterocycles. The number of nitrogens with one attached hydrogen (secondary N) is 1. The quantitative estimate of drug-likeness (QED) is 0.683. The van der Waals surface area contributed by atoms with Crippen LogP contribution in [0, 0.1) is 0 Å². The Kier molecular flexibility index (Phi) is 2.75. The van der Waals surface area contributed by atoms with Gasteiger partial charge in [-0.15, -0.1) is 0 Å². The van der Waals surface area contributed by atoms with Crippen LogP contribution in [-0.2, 0) is 6.42 Å². The number of hydrogen-bond acceptors (Lipinski definition) is 0. The number of aromatic amines is 1. The highest BCUT2D eigenvalue weighted by Gasteiger charge is 2.03. The number of H-pyrrole nitrogens is 1. The number of aryl methyl sites for hydroxylation is 1. The first-order valence-corrected chi connectivity index (χ1v) is 4.45. The van der Waals surface area contributed by atoms with Crippen molar-refractivity contribution >= 4 is 0 Å². The average molecular weight is 151 g/mol. The Bertz CT molecular complexity index is 212. The van der Waals surface area contributed by atoms with Gasteiger partial charge in [0.05, 0.1) is 0 Å². The van der Waals surface area contributed by atoms with Crippen LogP contribution in [0.15, 0.2) is 12.3 Å². The highest BCUT2D eigenvalue weighted by molar-refractivity contribution is 5.20. The molecule has 11 heavy (non-hydrogen) atoms. The van der Waals surface area contributed by atoms with E-state index in [9.17, 15) is 0 Å². The minimum Gasteiger partial charge on any atom is -0.365 e. The number of rotatable bonds is 3. The third kappa shape index (κ3) is 1.86. The van der Waals surface area contributed by atoms with E-state index in [1.807, 2.05) is 0 Å². The summed E-state index contributed by atoms with van der Waals surface area (Å²) < 4.78 is 0. The first kappa shape index (κ1) is 8.38. The molecule has 1 atom stereocenters. The van der Waals surface area contributed by atoms with Crippen molar-refractivity contribution in [2.45, 2.75) is 39.5 Å². The lowest BCUT2D eigenvalue weighted by atomic mass is 10.0.